The number of carbonyl (C=O) groups excluding carboxylic acids is 1. The van der Waals surface area contributed by atoms with Gasteiger partial charge in [-0.05, 0) is 60.7 Å². The van der Waals surface area contributed by atoms with Crippen molar-refractivity contribution in [2.45, 2.75) is 5.03 Å². The molecule has 0 aliphatic heterocycles. The van der Waals surface area contributed by atoms with Gasteiger partial charge < -0.3 is 15.4 Å². The van der Waals surface area contributed by atoms with Crippen LogP contribution in [0, 0.1) is 0 Å². The summed E-state index contributed by atoms with van der Waals surface area (Å²) in [6, 6.07) is 18.5. The number of methoxy groups -OCH3 is 1. The number of nitrogens with one attached hydrogen (secondary N) is 2. The minimum atomic E-state index is -0.242. The predicted octanol–water partition coefficient (Wildman–Crippen LogP) is 4.37. The summed E-state index contributed by atoms with van der Waals surface area (Å²) >= 11 is 4.20. The number of thiol groups is 1. The molecule has 2 N–H and O–H groups in total. The summed E-state index contributed by atoms with van der Waals surface area (Å²) < 4.78 is 5.14. The maximum absolute atomic E-state index is 12.2. The first-order valence-corrected chi connectivity index (χ1v) is 8.07. The number of pyridine rings is 1. The van der Waals surface area contributed by atoms with Gasteiger partial charge in [0.2, 0.25) is 0 Å². The van der Waals surface area contributed by atoms with E-state index in [2.05, 4.69) is 28.2 Å². The summed E-state index contributed by atoms with van der Waals surface area (Å²) in [6.07, 6.45) is 1.60. The molecule has 2 aromatic carbocycles. The molecule has 0 unspecified atom stereocenters. The number of hydrogen-bond donors (Lipinski definition) is 3. The highest BCUT2D eigenvalue weighted by molar-refractivity contribution is 7.80. The summed E-state index contributed by atoms with van der Waals surface area (Å²) in [7, 11) is 1.64. The molecule has 0 aliphatic rings. The van der Waals surface area contributed by atoms with Crippen molar-refractivity contribution in [3.8, 4) is 5.75 Å². The fraction of sp³-hybridized carbons (Fsp3) is 0.0526. The van der Waals surface area contributed by atoms with Crippen molar-refractivity contribution >= 4 is 35.6 Å². The Morgan fingerprint density at radius 3 is 2.16 bits per heavy atom. The Morgan fingerprint density at radius 1 is 0.960 bits per heavy atom. The average Bonchev–Trinajstić information content (AvgIpc) is 2.64. The van der Waals surface area contributed by atoms with E-state index in [4.69, 9.17) is 4.74 Å². The van der Waals surface area contributed by atoms with Crippen molar-refractivity contribution in [1.82, 2.24) is 4.98 Å². The number of carbonyl (C=O) groups is 1. The number of anilines is 3. The molecule has 3 aromatic rings. The molecule has 0 spiro atoms. The monoisotopic (exact) mass is 351 g/mol. The van der Waals surface area contributed by atoms with E-state index in [1.54, 1.807) is 25.4 Å². The van der Waals surface area contributed by atoms with Crippen LogP contribution in [0.4, 0.5) is 17.1 Å². The molecule has 1 amide bonds. The van der Waals surface area contributed by atoms with E-state index in [1.807, 2.05) is 48.5 Å². The van der Waals surface area contributed by atoms with E-state index >= 15 is 0 Å². The van der Waals surface area contributed by atoms with Crippen molar-refractivity contribution < 1.29 is 9.53 Å². The molecule has 0 fully saturated rings. The van der Waals surface area contributed by atoms with E-state index in [-0.39, 0.29) is 5.91 Å². The Bertz CT molecular complexity index is 865. The van der Waals surface area contributed by atoms with Crippen LogP contribution in [0.3, 0.4) is 0 Å². The topological polar surface area (TPSA) is 63.2 Å². The van der Waals surface area contributed by atoms with Crippen LogP contribution in [0.1, 0.15) is 10.4 Å². The summed E-state index contributed by atoms with van der Waals surface area (Å²) in [4.78, 5) is 16.2. The maximum atomic E-state index is 12.2. The Labute approximate surface area is 151 Å². The molecule has 0 atom stereocenters. The normalized spacial score (nSPS) is 10.2. The molecule has 0 bridgehead atoms. The molecule has 3 rings (SSSR count). The molecule has 126 valence electrons. The third kappa shape index (κ3) is 4.30. The molecule has 6 heteroatoms. The van der Waals surface area contributed by atoms with Gasteiger partial charge in [0.05, 0.1) is 12.7 Å². The summed E-state index contributed by atoms with van der Waals surface area (Å²) in [5.74, 6) is 0.566. The van der Waals surface area contributed by atoms with Crippen LogP contribution in [0.25, 0.3) is 0 Å². The molecule has 0 aliphatic carbocycles. The Hall–Kier alpha value is -2.99. The van der Waals surface area contributed by atoms with E-state index in [0.717, 1.165) is 17.1 Å². The maximum Gasteiger partial charge on any atom is 0.258 e. The van der Waals surface area contributed by atoms with Crippen molar-refractivity contribution in [2.75, 3.05) is 17.7 Å². The Morgan fingerprint density at radius 2 is 1.56 bits per heavy atom. The molecular weight excluding hydrogens is 334 g/mol. The zero-order valence-corrected chi connectivity index (χ0v) is 14.5. The second kappa shape index (κ2) is 7.72. The highest BCUT2D eigenvalue weighted by Gasteiger charge is 2.10. The van der Waals surface area contributed by atoms with Gasteiger partial charge in [-0.25, -0.2) is 4.98 Å². The largest absolute Gasteiger partial charge is 0.497 e. The molecule has 25 heavy (non-hydrogen) atoms. The SMILES string of the molecule is COc1ccc(Nc2ccc(NC(=O)c3cccnc3S)cc2)cc1. The van der Waals surface area contributed by atoms with Crippen LogP contribution in [0.2, 0.25) is 0 Å². The van der Waals surface area contributed by atoms with Crippen molar-refractivity contribution in [1.29, 1.82) is 0 Å². The number of amides is 1. The Kier molecular flexibility index (Phi) is 5.20. The third-order valence-corrected chi connectivity index (χ3v) is 3.91. The van der Waals surface area contributed by atoms with Crippen LogP contribution < -0.4 is 15.4 Å². The van der Waals surface area contributed by atoms with Gasteiger partial charge in [-0.15, -0.1) is 12.6 Å². The number of ether oxygens (including phenoxy) is 1. The molecule has 0 saturated carbocycles. The zero-order chi connectivity index (χ0) is 17.6. The summed E-state index contributed by atoms with van der Waals surface area (Å²) in [6.45, 7) is 0. The fourth-order valence-electron chi connectivity index (χ4n) is 2.25. The highest BCUT2D eigenvalue weighted by atomic mass is 32.1. The molecule has 1 heterocycles. The van der Waals surface area contributed by atoms with Gasteiger partial charge >= 0.3 is 0 Å². The average molecular weight is 351 g/mol. The smallest absolute Gasteiger partial charge is 0.258 e. The first-order valence-electron chi connectivity index (χ1n) is 7.62. The lowest BCUT2D eigenvalue weighted by atomic mass is 10.2. The lowest BCUT2D eigenvalue weighted by molar-refractivity contribution is 0.102. The van der Waals surface area contributed by atoms with Crippen LogP contribution in [-0.2, 0) is 0 Å². The summed E-state index contributed by atoms with van der Waals surface area (Å²) in [5, 5.41) is 6.52. The standard InChI is InChI=1S/C19H17N3O2S/c1-24-16-10-8-14(9-11-16)21-13-4-6-15(7-5-13)22-18(23)17-3-2-12-20-19(17)25/h2-12,21H,1H3,(H,20,25)(H,22,23). The van der Waals surface area contributed by atoms with Crippen LogP contribution >= 0.6 is 12.6 Å². The minimum Gasteiger partial charge on any atom is -0.497 e. The second-order valence-electron chi connectivity index (χ2n) is 5.26. The minimum absolute atomic E-state index is 0.242. The van der Waals surface area contributed by atoms with E-state index in [1.165, 1.54) is 0 Å². The van der Waals surface area contributed by atoms with Gasteiger partial charge in [-0.3, -0.25) is 4.79 Å². The number of benzene rings is 2. The van der Waals surface area contributed by atoms with Gasteiger partial charge in [0.1, 0.15) is 10.8 Å². The Balaban J connectivity index is 1.65. The first-order chi connectivity index (χ1) is 12.2. The number of aromatic nitrogens is 1. The lowest BCUT2D eigenvalue weighted by Gasteiger charge is -2.10. The second-order valence-corrected chi connectivity index (χ2v) is 5.68. The lowest BCUT2D eigenvalue weighted by Crippen LogP contribution is -2.13. The van der Waals surface area contributed by atoms with Crippen LogP contribution in [-0.4, -0.2) is 18.0 Å². The number of nitrogens with zero attached hydrogens (tertiary/aromatic N) is 1. The number of rotatable bonds is 5. The highest BCUT2D eigenvalue weighted by Crippen LogP contribution is 2.22. The molecule has 0 saturated heterocycles. The third-order valence-electron chi connectivity index (χ3n) is 3.55. The molecule has 0 radical (unpaired) electrons. The molecule has 5 nitrogen and oxygen atoms in total. The van der Waals surface area contributed by atoms with E-state index < -0.39 is 0 Å². The van der Waals surface area contributed by atoms with Gasteiger partial charge in [0.15, 0.2) is 0 Å². The van der Waals surface area contributed by atoms with Gasteiger partial charge in [-0.2, -0.15) is 0 Å². The fourth-order valence-corrected chi connectivity index (χ4v) is 2.49. The quantitative estimate of drug-likeness (QED) is 0.597. The van der Waals surface area contributed by atoms with Crippen molar-refractivity contribution in [3.05, 3.63) is 72.4 Å². The van der Waals surface area contributed by atoms with E-state index in [9.17, 15) is 4.79 Å². The molecular formula is C19H17N3O2S. The van der Waals surface area contributed by atoms with Gasteiger partial charge in [0, 0.05) is 23.3 Å². The van der Waals surface area contributed by atoms with Gasteiger partial charge in [-0.1, -0.05) is 0 Å². The van der Waals surface area contributed by atoms with Gasteiger partial charge in [0.25, 0.3) is 5.91 Å². The first kappa shape index (κ1) is 16.9. The predicted molar refractivity (Wildman–Crippen MR) is 102 cm³/mol. The van der Waals surface area contributed by atoms with Crippen LogP contribution in [0.5, 0.6) is 5.75 Å². The van der Waals surface area contributed by atoms with E-state index in [0.29, 0.717) is 16.3 Å². The van der Waals surface area contributed by atoms with Crippen molar-refractivity contribution in [2.24, 2.45) is 0 Å². The number of hydrogen-bond acceptors (Lipinski definition) is 5. The molecule has 1 aromatic heterocycles. The summed E-state index contributed by atoms with van der Waals surface area (Å²) in [5.41, 5.74) is 3.00. The van der Waals surface area contributed by atoms with Crippen LogP contribution in [0.15, 0.2) is 71.9 Å². The zero-order valence-electron chi connectivity index (χ0n) is 13.6. The van der Waals surface area contributed by atoms with Crippen molar-refractivity contribution in [3.63, 3.8) is 0 Å².